The SMILES string of the molecule is Cc1[nH]c2cc3c(cc2c1CCC(C)N)CCC3. The number of H-pyrrole nitrogens is 1. The van der Waals surface area contributed by atoms with Gasteiger partial charge in [-0.25, -0.2) is 0 Å². The van der Waals surface area contributed by atoms with E-state index < -0.39 is 0 Å². The molecular weight excluding hydrogens is 220 g/mol. The molecule has 1 heterocycles. The molecule has 1 unspecified atom stereocenters. The summed E-state index contributed by atoms with van der Waals surface area (Å²) in [5, 5.41) is 1.42. The average Bonchev–Trinajstić information content (AvgIpc) is 2.86. The van der Waals surface area contributed by atoms with Crippen molar-refractivity contribution in [1.82, 2.24) is 4.98 Å². The standard InChI is InChI=1S/C16H22N2/c1-10(17)6-7-14-11(2)18-16-9-13-5-3-4-12(13)8-15(14)16/h8-10,18H,3-7,17H2,1-2H3. The molecule has 2 heteroatoms. The Labute approximate surface area is 109 Å². The first kappa shape index (κ1) is 11.8. The average molecular weight is 242 g/mol. The van der Waals surface area contributed by atoms with Gasteiger partial charge < -0.3 is 10.7 Å². The van der Waals surface area contributed by atoms with E-state index in [2.05, 4.69) is 31.0 Å². The number of hydrogen-bond acceptors (Lipinski definition) is 1. The molecule has 2 aromatic rings. The van der Waals surface area contributed by atoms with E-state index in [1.54, 1.807) is 11.1 Å². The highest BCUT2D eigenvalue weighted by Crippen LogP contribution is 2.31. The summed E-state index contributed by atoms with van der Waals surface area (Å²) in [5.74, 6) is 0. The number of aryl methyl sites for hydroxylation is 4. The van der Waals surface area contributed by atoms with Crippen molar-refractivity contribution in [3.63, 3.8) is 0 Å². The molecule has 0 aliphatic heterocycles. The Morgan fingerprint density at radius 3 is 2.72 bits per heavy atom. The van der Waals surface area contributed by atoms with Crippen LogP contribution in [0, 0.1) is 6.92 Å². The monoisotopic (exact) mass is 242 g/mol. The third kappa shape index (κ3) is 1.95. The highest BCUT2D eigenvalue weighted by atomic mass is 14.7. The minimum Gasteiger partial charge on any atom is -0.358 e. The van der Waals surface area contributed by atoms with Crippen molar-refractivity contribution in [3.05, 3.63) is 34.5 Å². The molecule has 0 fully saturated rings. The van der Waals surface area contributed by atoms with Gasteiger partial charge in [0.2, 0.25) is 0 Å². The largest absolute Gasteiger partial charge is 0.358 e. The van der Waals surface area contributed by atoms with Crippen molar-refractivity contribution in [1.29, 1.82) is 0 Å². The summed E-state index contributed by atoms with van der Waals surface area (Å²) in [6.07, 6.45) is 5.96. The summed E-state index contributed by atoms with van der Waals surface area (Å²) in [5.41, 5.74) is 13.1. The molecule has 0 saturated carbocycles. The van der Waals surface area contributed by atoms with Crippen LogP contribution in [-0.4, -0.2) is 11.0 Å². The summed E-state index contributed by atoms with van der Waals surface area (Å²) in [6.45, 7) is 4.27. The van der Waals surface area contributed by atoms with Gasteiger partial charge in [-0.05, 0) is 74.8 Å². The molecule has 1 aliphatic rings. The Hall–Kier alpha value is -1.28. The molecule has 3 N–H and O–H groups in total. The van der Waals surface area contributed by atoms with Gasteiger partial charge in [0, 0.05) is 22.6 Å². The zero-order valence-corrected chi connectivity index (χ0v) is 11.3. The quantitative estimate of drug-likeness (QED) is 0.852. The topological polar surface area (TPSA) is 41.8 Å². The van der Waals surface area contributed by atoms with Crippen molar-refractivity contribution in [2.24, 2.45) is 5.73 Å². The van der Waals surface area contributed by atoms with Gasteiger partial charge in [-0.2, -0.15) is 0 Å². The normalized spacial score (nSPS) is 16.2. The van der Waals surface area contributed by atoms with Crippen molar-refractivity contribution < 1.29 is 0 Å². The van der Waals surface area contributed by atoms with Crippen LogP contribution in [0.5, 0.6) is 0 Å². The van der Waals surface area contributed by atoms with Gasteiger partial charge in [0.25, 0.3) is 0 Å². The lowest BCUT2D eigenvalue weighted by Crippen LogP contribution is -2.15. The van der Waals surface area contributed by atoms with Crippen molar-refractivity contribution in [3.8, 4) is 0 Å². The van der Waals surface area contributed by atoms with E-state index in [0.29, 0.717) is 0 Å². The number of fused-ring (bicyclic) bond motifs is 2. The molecule has 1 aromatic carbocycles. The van der Waals surface area contributed by atoms with Crippen LogP contribution in [-0.2, 0) is 19.3 Å². The maximum atomic E-state index is 5.88. The van der Waals surface area contributed by atoms with Gasteiger partial charge in [0.05, 0.1) is 0 Å². The molecule has 96 valence electrons. The predicted molar refractivity (Wildman–Crippen MR) is 77.0 cm³/mol. The number of hydrogen-bond donors (Lipinski definition) is 2. The summed E-state index contributed by atoms with van der Waals surface area (Å²) in [4.78, 5) is 3.54. The molecule has 0 amide bonds. The summed E-state index contributed by atoms with van der Waals surface area (Å²) >= 11 is 0. The van der Waals surface area contributed by atoms with Gasteiger partial charge in [0.15, 0.2) is 0 Å². The van der Waals surface area contributed by atoms with Crippen LogP contribution in [0.4, 0.5) is 0 Å². The first-order valence-corrected chi connectivity index (χ1v) is 7.03. The van der Waals surface area contributed by atoms with E-state index >= 15 is 0 Å². The fourth-order valence-corrected chi connectivity index (χ4v) is 3.15. The molecule has 0 saturated heterocycles. The lowest BCUT2D eigenvalue weighted by Gasteiger charge is -2.06. The first-order chi connectivity index (χ1) is 8.65. The Bertz CT molecular complexity index is 578. The number of nitrogens with one attached hydrogen (secondary N) is 1. The third-order valence-electron chi connectivity index (χ3n) is 4.18. The number of rotatable bonds is 3. The van der Waals surface area contributed by atoms with Crippen LogP contribution in [0.25, 0.3) is 10.9 Å². The number of aromatic nitrogens is 1. The number of benzene rings is 1. The lowest BCUT2D eigenvalue weighted by atomic mass is 10.0. The van der Waals surface area contributed by atoms with E-state index in [-0.39, 0.29) is 6.04 Å². The molecule has 2 nitrogen and oxygen atoms in total. The molecule has 0 radical (unpaired) electrons. The molecule has 3 rings (SSSR count). The maximum Gasteiger partial charge on any atom is 0.0461 e. The fraction of sp³-hybridized carbons (Fsp3) is 0.500. The van der Waals surface area contributed by atoms with Crippen molar-refractivity contribution in [2.45, 2.75) is 52.0 Å². The molecule has 0 spiro atoms. The van der Waals surface area contributed by atoms with E-state index in [1.807, 2.05) is 0 Å². The zero-order chi connectivity index (χ0) is 12.7. The fourth-order valence-electron chi connectivity index (χ4n) is 3.15. The Morgan fingerprint density at radius 2 is 2.00 bits per heavy atom. The Balaban J connectivity index is 2.05. The van der Waals surface area contributed by atoms with Crippen molar-refractivity contribution >= 4 is 10.9 Å². The second-order valence-electron chi connectivity index (χ2n) is 5.76. The van der Waals surface area contributed by atoms with Crippen LogP contribution in [0.1, 0.15) is 42.1 Å². The second kappa shape index (κ2) is 4.43. The molecule has 1 atom stereocenters. The van der Waals surface area contributed by atoms with Gasteiger partial charge in [-0.15, -0.1) is 0 Å². The summed E-state index contributed by atoms with van der Waals surface area (Å²) < 4.78 is 0. The van der Waals surface area contributed by atoms with E-state index in [4.69, 9.17) is 5.73 Å². The van der Waals surface area contributed by atoms with E-state index in [9.17, 15) is 0 Å². The van der Waals surface area contributed by atoms with Crippen LogP contribution >= 0.6 is 0 Å². The number of aromatic amines is 1. The third-order valence-corrected chi connectivity index (χ3v) is 4.18. The molecule has 18 heavy (non-hydrogen) atoms. The minimum atomic E-state index is 0.281. The second-order valence-corrected chi connectivity index (χ2v) is 5.76. The van der Waals surface area contributed by atoms with Gasteiger partial charge in [0.1, 0.15) is 0 Å². The Kier molecular flexibility index (Phi) is 2.90. The van der Waals surface area contributed by atoms with Gasteiger partial charge in [-0.1, -0.05) is 0 Å². The Morgan fingerprint density at radius 1 is 1.28 bits per heavy atom. The lowest BCUT2D eigenvalue weighted by molar-refractivity contribution is 0.666. The van der Waals surface area contributed by atoms with Gasteiger partial charge >= 0.3 is 0 Å². The van der Waals surface area contributed by atoms with E-state index in [0.717, 1.165) is 12.8 Å². The van der Waals surface area contributed by atoms with Crippen LogP contribution in [0.3, 0.4) is 0 Å². The van der Waals surface area contributed by atoms with Gasteiger partial charge in [-0.3, -0.25) is 0 Å². The maximum absolute atomic E-state index is 5.88. The zero-order valence-electron chi connectivity index (χ0n) is 11.3. The minimum absolute atomic E-state index is 0.281. The van der Waals surface area contributed by atoms with Crippen molar-refractivity contribution in [2.75, 3.05) is 0 Å². The highest BCUT2D eigenvalue weighted by molar-refractivity contribution is 5.86. The molecular formula is C16H22N2. The molecule has 1 aliphatic carbocycles. The molecule has 1 aromatic heterocycles. The smallest absolute Gasteiger partial charge is 0.0461 e. The van der Waals surface area contributed by atoms with E-state index in [1.165, 1.54) is 41.4 Å². The first-order valence-electron chi connectivity index (χ1n) is 7.03. The summed E-state index contributed by atoms with van der Waals surface area (Å²) in [6, 6.07) is 5.06. The van der Waals surface area contributed by atoms with Crippen LogP contribution in [0.15, 0.2) is 12.1 Å². The van der Waals surface area contributed by atoms with Crippen LogP contribution < -0.4 is 5.73 Å². The van der Waals surface area contributed by atoms with Crippen LogP contribution in [0.2, 0.25) is 0 Å². The number of nitrogens with two attached hydrogens (primary N) is 1. The highest BCUT2D eigenvalue weighted by Gasteiger charge is 2.15. The summed E-state index contributed by atoms with van der Waals surface area (Å²) in [7, 11) is 0. The predicted octanol–water partition coefficient (Wildman–Crippen LogP) is 3.24. The molecule has 0 bridgehead atoms.